The average molecular weight is 481 g/mol. The number of aliphatic hydroxyl groups excluding tert-OH is 1. The standard InChI is InChI=1S/C25H25FN4O3S/c26-19-9-14(20-11-17(31)12-27-20)1-3-18(19)21-13-30-22-4-2-15(10-23(22)34-25(30)29-21)24(32)28-16-5-7-33-8-6-16/h1-4,9-10,13,16-17,20,27,31H,5-8,11-12H2,(H,28,32)/t17-,20+/m1/s1. The third-order valence-electron chi connectivity index (χ3n) is 6.69. The largest absolute Gasteiger partial charge is 0.392 e. The van der Waals surface area contributed by atoms with E-state index in [9.17, 15) is 14.3 Å². The van der Waals surface area contributed by atoms with Gasteiger partial charge in [-0.15, -0.1) is 0 Å². The number of rotatable bonds is 4. The number of ether oxygens (including phenoxy) is 1. The van der Waals surface area contributed by atoms with Crippen LogP contribution in [0.5, 0.6) is 0 Å². The molecule has 1 amide bonds. The lowest BCUT2D eigenvalue weighted by molar-refractivity contribution is 0.0696. The number of halogens is 1. The van der Waals surface area contributed by atoms with E-state index >= 15 is 0 Å². The lowest BCUT2D eigenvalue weighted by Gasteiger charge is -2.23. The van der Waals surface area contributed by atoms with E-state index in [-0.39, 0.29) is 23.8 Å². The molecule has 2 atom stereocenters. The Morgan fingerprint density at radius 2 is 2.09 bits per heavy atom. The van der Waals surface area contributed by atoms with Gasteiger partial charge in [-0.2, -0.15) is 0 Å². The quantitative estimate of drug-likeness (QED) is 0.415. The molecule has 0 saturated carbocycles. The lowest BCUT2D eigenvalue weighted by atomic mass is 10.0. The number of amides is 1. The minimum absolute atomic E-state index is 0.0363. The van der Waals surface area contributed by atoms with Crippen LogP contribution in [0.3, 0.4) is 0 Å². The van der Waals surface area contributed by atoms with Gasteiger partial charge in [0.15, 0.2) is 4.96 Å². The molecule has 2 aliphatic rings. The van der Waals surface area contributed by atoms with Crippen LogP contribution in [0, 0.1) is 5.82 Å². The van der Waals surface area contributed by atoms with Crippen molar-refractivity contribution in [2.45, 2.75) is 37.5 Å². The van der Waals surface area contributed by atoms with Crippen molar-refractivity contribution in [1.82, 2.24) is 20.0 Å². The number of aliphatic hydroxyl groups is 1. The molecule has 6 rings (SSSR count). The molecule has 0 spiro atoms. The van der Waals surface area contributed by atoms with Gasteiger partial charge in [0.2, 0.25) is 0 Å². The molecule has 7 nitrogen and oxygen atoms in total. The minimum Gasteiger partial charge on any atom is -0.392 e. The van der Waals surface area contributed by atoms with Gasteiger partial charge in [-0.25, -0.2) is 9.37 Å². The summed E-state index contributed by atoms with van der Waals surface area (Å²) in [6.07, 6.45) is 3.70. The lowest BCUT2D eigenvalue weighted by Crippen LogP contribution is -2.38. The molecule has 2 fully saturated rings. The van der Waals surface area contributed by atoms with Gasteiger partial charge in [0.05, 0.1) is 22.0 Å². The number of hydrogen-bond donors (Lipinski definition) is 3. The van der Waals surface area contributed by atoms with Gasteiger partial charge < -0.3 is 20.5 Å². The van der Waals surface area contributed by atoms with Crippen LogP contribution in [0.4, 0.5) is 4.39 Å². The fourth-order valence-corrected chi connectivity index (χ4v) is 5.86. The van der Waals surface area contributed by atoms with Crippen molar-refractivity contribution in [2.24, 2.45) is 0 Å². The van der Waals surface area contributed by atoms with Gasteiger partial charge >= 0.3 is 0 Å². The van der Waals surface area contributed by atoms with E-state index in [0.29, 0.717) is 43.0 Å². The first kappa shape index (κ1) is 21.7. The Morgan fingerprint density at radius 3 is 2.85 bits per heavy atom. The SMILES string of the molecule is O=C(NC1CCOCC1)c1ccc2c(c1)sc1nc(-c3ccc([C@@H]4C[C@@H](O)CN4)cc3F)cn12. The Balaban J connectivity index is 1.26. The van der Waals surface area contributed by atoms with Crippen LogP contribution in [0.1, 0.15) is 41.2 Å². The fourth-order valence-electron chi connectivity index (χ4n) is 4.81. The molecule has 2 aromatic carbocycles. The molecule has 0 bridgehead atoms. The van der Waals surface area contributed by atoms with Gasteiger partial charge in [0, 0.05) is 49.2 Å². The Labute approximate surface area is 199 Å². The van der Waals surface area contributed by atoms with Crippen LogP contribution >= 0.6 is 11.3 Å². The maximum atomic E-state index is 15.0. The number of benzene rings is 2. The van der Waals surface area contributed by atoms with E-state index in [2.05, 4.69) is 15.6 Å². The number of fused-ring (bicyclic) bond motifs is 3. The van der Waals surface area contributed by atoms with Crippen LogP contribution in [-0.4, -0.2) is 52.3 Å². The summed E-state index contributed by atoms with van der Waals surface area (Å²) in [6, 6.07) is 10.9. The molecule has 3 N–H and O–H groups in total. The first-order valence-electron chi connectivity index (χ1n) is 11.6. The molecule has 0 unspecified atom stereocenters. The van der Waals surface area contributed by atoms with Gasteiger partial charge in [0.25, 0.3) is 5.91 Å². The maximum absolute atomic E-state index is 15.0. The summed E-state index contributed by atoms with van der Waals surface area (Å²) in [5, 5.41) is 16.0. The number of thiazole rings is 1. The monoisotopic (exact) mass is 480 g/mol. The highest BCUT2D eigenvalue weighted by atomic mass is 32.1. The second-order valence-electron chi connectivity index (χ2n) is 9.01. The number of carbonyl (C=O) groups excluding carboxylic acids is 1. The highest BCUT2D eigenvalue weighted by Crippen LogP contribution is 2.33. The second-order valence-corrected chi connectivity index (χ2v) is 10.0. The molecule has 4 aromatic rings. The summed E-state index contributed by atoms with van der Waals surface area (Å²) in [5.41, 5.74) is 3.39. The van der Waals surface area contributed by atoms with E-state index in [1.54, 1.807) is 6.07 Å². The Hall–Kier alpha value is -2.85. The van der Waals surface area contributed by atoms with Crippen molar-refractivity contribution in [1.29, 1.82) is 0 Å². The van der Waals surface area contributed by atoms with E-state index in [1.165, 1.54) is 17.4 Å². The summed E-state index contributed by atoms with van der Waals surface area (Å²) in [4.78, 5) is 18.1. The summed E-state index contributed by atoms with van der Waals surface area (Å²) in [6.45, 7) is 1.88. The van der Waals surface area contributed by atoms with E-state index < -0.39 is 6.10 Å². The third-order valence-corrected chi connectivity index (χ3v) is 7.71. The van der Waals surface area contributed by atoms with Crippen LogP contribution < -0.4 is 10.6 Å². The Kier molecular flexibility index (Phi) is 5.57. The number of imidazole rings is 1. The zero-order valence-electron chi connectivity index (χ0n) is 18.5. The van der Waals surface area contributed by atoms with Crippen molar-refractivity contribution in [2.75, 3.05) is 19.8 Å². The first-order valence-corrected chi connectivity index (χ1v) is 12.4. The van der Waals surface area contributed by atoms with Crippen LogP contribution in [0.15, 0.2) is 42.6 Å². The average Bonchev–Trinajstić information content (AvgIpc) is 3.53. The molecule has 0 aliphatic carbocycles. The molecule has 0 radical (unpaired) electrons. The number of carbonyl (C=O) groups is 1. The fraction of sp³-hybridized carbons (Fsp3) is 0.360. The summed E-state index contributed by atoms with van der Waals surface area (Å²) >= 11 is 1.48. The number of nitrogens with one attached hydrogen (secondary N) is 2. The Morgan fingerprint density at radius 1 is 1.24 bits per heavy atom. The summed E-state index contributed by atoms with van der Waals surface area (Å²) in [7, 11) is 0. The molecule has 34 heavy (non-hydrogen) atoms. The molecule has 2 aliphatic heterocycles. The van der Waals surface area contributed by atoms with Crippen LogP contribution in [0.25, 0.3) is 26.4 Å². The number of nitrogens with zero attached hydrogens (tertiary/aromatic N) is 2. The second kappa shape index (κ2) is 8.74. The van der Waals surface area contributed by atoms with Gasteiger partial charge in [-0.3, -0.25) is 9.20 Å². The molecule has 4 heterocycles. The molecular weight excluding hydrogens is 455 g/mol. The highest BCUT2D eigenvalue weighted by Gasteiger charge is 2.24. The first-order chi connectivity index (χ1) is 16.5. The molecular formula is C25H25FN4O3S. The Bertz CT molecular complexity index is 1380. The van der Waals surface area contributed by atoms with E-state index in [0.717, 1.165) is 33.6 Å². The highest BCUT2D eigenvalue weighted by molar-refractivity contribution is 7.23. The van der Waals surface area contributed by atoms with Crippen molar-refractivity contribution in [3.63, 3.8) is 0 Å². The van der Waals surface area contributed by atoms with Crippen molar-refractivity contribution in [3.8, 4) is 11.3 Å². The normalized spacial score (nSPS) is 21.5. The van der Waals surface area contributed by atoms with Gasteiger partial charge in [-0.1, -0.05) is 17.4 Å². The van der Waals surface area contributed by atoms with Crippen molar-refractivity contribution in [3.05, 3.63) is 59.5 Å². The van der Waals surface area contributed by atoms with Crippen LogP contribution in [-0.2, 0) is 4.74 Å². The topological polar surface area (TPSA) is 87.9 Å². The van der Waals surface area contributed by atoms with Gasteiger partial charge in [-0.05, 0) is 55.2 Å². The predicted molar refractivity (Wildman–Crippen MR) is 129 cm³/mol. The molecule has 2 aromatic heterocycles. The maximum Gasteiger partial charge on any atom is 0.251 e. The molecule has 176 valence electrons. The van der Waals surface area contributed by atoms with Crippen LogP contribution in [0.2, 0.25) is 0 Å². The zero-order chi connectivity index (χ0) is 23.2. The van der Waals surface area contributed by atoms with E-state index in [4.69, 9.17) is 4.74 Å². The third kappa shape index (κ3) is 3.98. The summed E-state index contributed by atoms with van der Waals surface area (Å²) in [5.74, 6) is -0.408. The summed E-state index contributed by atoms with van der Waals surface area (Å²) < 4.78 is 23.2. The molecule has 2 saturated heterocycles. The van der Waals surface area contributed by atoms with Crippen molar-refractivity contribution < 1.29 is 19.0 Å². The zero-order valence-corrected chi connectivity index (χ0v) is 19.3. The number of aromatic nitrogens is 2. The molecule has 9 heteroatoms. The van der Waals surface area contributed by atoms with Crippen molar-refractivity contribution >= 4 is 32.4 Å². The minimum atomic E-state index is -0.394. The number of hydrogen-bond acceptors (Lipinski definition) is 6. The van der Waals surface area contributed by atoms with E-state index in [1.807, 2.05) is 34.9 Å². The smallest absolute Gasteiger partial charge is 0.251 e. The number of β-amino-alcohol motifs (C(OH)–C–C–N with tert-alkyl or cyclic N) is 1. The predicted octanol–water partition coefficient (Wildman–Crippen LogP) is 3.66. The van der Waals surface area contributed by atoms with Gasteiger partial charge in [0.1, 0.15) is 5.82 Å².